The Kier molecular flexibility index (Phi) is 7.01. The summed E-state index contributed by atoms with van der Waals surface area (Å²) >= 11 is 1.76. The van der Waals surface area contributed by atoms with Gasteiger partial charge in [-0.05, 0) is 31.2 Å². The smallest absolute Gasteiger partial charge is 0.234 e. The Morgan fingerprint density at radius 2 is 1.78 bits per heavy atom. The third-order valence-corrected chi connectivity index (χ3v) is 5.69. The molecule has 0 saturated carbocycles. The van der Waals surface area contributed by atoms with Crippen molar-refractivity contribution in [2.24, 2.45) is 0 Å². The number of nitrogens with zero attached hydrogens (tertiary/aromatic N) is 2. The van der Waals surface area contributed by atoms with E-state index < -0.39 is 0 Å². The van der Waals surface area contributed by atoms with Crippen molar-refractivity contribution in [3.63, 3.8) is 0 Å². The first-order valence-corrected chi connectivity index (χ1v) is 10.3. The molecule has 1 heterocycles. The topological polar surface area (TPSA) is 55.8 Å². The summed E-state index contributed by atoms with van der Waals surface area (Å²) in [6, 6.07) is 15.9. The second-order valence-corrected chi connectivity index (χ2v) is 7.93. The lowest BCUT2D eigenvalue weighted by atomic mass is 10.2. The van der Waals surface area contributed by atoms with E-state index in [1.165, 1.54) is 10.5 Å². The SMILES string of the molecule is Cc1ccc(SCCNC(=O)CN2CCN(c3ccccc3O)CC2)cc1. The number of carbonyl (C=O) groups excluding carboxylic acids is 1. The molecule has 1 amide bonds. The van der Waals surface area contributed by atoms with Crippen LogP contribution in [0.25, 0.3) is 0 Å². The van der Waals surface area contributed by atoms with Crippen LogP contribution in [0.2, 0.25) is 0 Å². The van der Waals surface area contributed by atoms with E-state index in [0.29, 0.717) is 18.8 Å². The van der Waals surface area contributed by atoms with E-state index in [4.69, 9.17) is 0 Å². The molecule has 3 rings (SSSR count). The summed E-state index contributed by atoms with van der Waals surface area (Å²) in [5.41, 5.74) is 2.13. The van der Waals surface area contributed by atoms with Gasteiger partial charge in [-0.2, -0.15) is 0 Å². The van der Waals surface area contributed by atoms with Gasteiger partial charge < -0.3 is 15.3 Å². The Morgan fingerprint density at radius 1 is 1.07 bits per heavy atom. The molecule has 144 valence electrons. The van der Waals surface area contributed by atoms with Crippen LogP contribution in [0.4, 0.5) is 5.69 Å². The standard InChI is InChI=1S/C21H27N3O2S/c1-17-6-8-18(9-7-17)27-15-10-22-21(26)16-23-11-13-24(14-12-23)19-4-2-3-5-20(19)25/h2-9,25H,10-16H2,1H3,(H,22,26). The summed E-state index contributed by atoms with van der Waals surface area (Å²) in [5.74, 6) is 1.26. The lowest BCUT2D eigenvalue weighted by Crippen LogP contribution is -2.49. The van der Waals surface area contributed by atoms with Crippen LogP contribution in [0.3, 0.4) is 0 Å². The van der Waals surface area contributed by atoms with Gasteiger partial charge in [0.05, 0.1) is 12.2 Å². The molecular formula is C21H27N3O2S. The maximum Gasteiger partial charge on any atom is 0.234 e. The van der Waals surface area contributed by atoms with Crippen LogP contribution in [-0.2, 0) is 4.79 Å². The number of rotatable bonds is 7. The number of hydrogen-bond donors (Lipinski definition) is 2. The van der Waals surface area contributed by atoms with E-state index in [1.807, 2.05) is 18.2 Å². The third-order valence-electron chi connectivity index (χ3n) is 4.68. The van der Waals surface area contributed by atoms with Gasteiger partial charge >= 0.3 is 0 Å². The third kappa shape index (κ3) is 5.91. The zero-order chi connectivity index (χ0) is 19.1. The molecule has 1 aliphatic heterocycles. The van der Waals surface area contributed by atoms with Crippen molar-refractivity contribution < 1.29 is 9.90 Å². The minimum absolute atomic E-state index is 0.0792. The van der Waals surface area contributed by atoms with Gasteiger partial charge in [-0.3, -0.25) is 9.69 Å². The molecule has 0 aliphatic carbocycles. The Morgan fingerprint density at radius 3 is 2.48 bits per heavy atom. The molecule has 6 heteroatoms. The normalized spacial score (nSPS) is 14.9. The largest absolute Gasteiger partial charge is 0.506 e. The van der Waals surface area contributed by atoms with Crippen molar-refractivity contribution in [1.82, 2.24) is 10.2 Å². The number of anilines is 1. The number of benzene rings is 2. The average Bonchev–Trinajstić information content (AvgIpc) is 2.68. The zero-order valence-electron chi connectivity index (χ0n) is 15.7. The molecule has 0 bridgehead atoms. The molecule has 0 unspecified atom stereocenters. The van der Waals surface area contributed by atoms with Crippen LogP contribution >= 0.6 is 11.8 Å². The molecule has 0 radical (unpaired) electrons. The molecule has 2 N–H and O–H groups in total. The van der Waals surface area contributed by atoms with Crippen LogP contribution < -0.4 is 10.2 Å². The Balaban J connectivity index is 1.33. The first-order valence-electron chi connectivity index (χ1n) is 9.33. The predicted molar refractivity (Wildman–Crippen MR) is 112 cm³/mol. The molecule has 2 aromatic rings. The van der Waals surface area contributed by atoms with Gasteiger partial charge in [0.25, 0.3) is 0 Å². The number of nitrogens with one attached hydrogen (secondary N) is 1. The quantitative estimate of drug-likeness (QED) is 0.567. The van der Waals surface area contributed by atoms with Crippen LogP contribution in [0.15, 0.2) is 53.4 Å². The Labute approximate surface area is 165 Å². The zero-order valence-corrected chi connectivity index (χ0v) is 16.5. The van der Waals surface area contributed by atoms with Crippen molar-refractivity contribution in [2.45, 2.75) is 11.8 Å². The van der Waals surface area contributed by atoms with Gasteiger partial charge in [-0.25, -0.2) is 0 Å². The number of para-hydroxylation sites is 2. The van der Waals surface area contributed by atoms with Crippen LogP contribution in [0.5, 0.6) is 5.75 Å². The number of aromatic hydroxyl groups is 1. The van der Waals surface area contributed by atoms with Crippen LogP contribution in [0.1, 0.15) is 5.56 Å². The van der Waals surface area contributed by atoms with Gasteiger partial charge in [0.2, 0.25) is 5.91 Å². The van der Waals surface area contributed by atoms with Gasteiger partial charge in [0.15, 0.2) is 0 Å². The molecular weight excluding hydrogens is 358 g/mol. The lowest BCUT2D eigenvalue weighted by molar-refractivity contribution is -0.122. The van der Waals surface area contributed by atoms with Gasteiger partial charge in [-0.15, -0.1) is 11.8 Å². The summed E-state index contributed by atoms with van der Waals surface area (Å²) in [7, 11) is 0. The van der Waals surface area contributed by atoms with Crippen molar-refractivity contribution in [1.29, 1.82) is 0 Å². The van der Waals surface area contributed by atoms with E-state index in [9.17, 15) is 9.90 Å². The molecule has 5 nitrogen and oxygen atoms in total. The van der Waals surface area contributed by atoms with E-state index >= 15 is 0 Å². The number of phenolic OH excluding ortho intramolecular Hbond substituents is 1. The van der Waals surface area contributed by atoms with Gasteiger partial charge in [-0.1, -0.05) is 29.8 Å². The highest BCUT2D eigenvalue weighted by molar-refractivity contribution is 7.99. The molecule has 1 fully saturated rings. The Bertz CT molecular complexity index is 743. The monoisotopic (exact) mass is 385 g/mol. The maximum atomic E-state index is 12.2. The fraction of sp³-hybridized carbons (Fsp3) is 0.381. The fourth-order valence-electron chi connectivity index (χ4n) is 3.13. The van der Waals surface area contributed by atoms with Crippen molar-refractivity contribution in [2.75, 3.05) is 49.9 Å². The van der Waals surface area contributed by atoms with E-state index in [0.717, 1.165) is 37.6 Å². The number of phenols is 1. The number of hydrogen-bond acceptors (Lipinski definition) is 5. The summed E-state index contributed by atoms with van der Waals surface area (Å²) in [6.45, 7) is 6.46. The first kappa shape index (κ1) is 19.6. The maximum absolute atomic E-state index is 12.2. The molecule has 0 atom stereocenters. The number of aryl methyl sites for hydroxylation is 1. The van der Waals surface area contributed by atoms with Crippen molar-refractivity contribution in [3.05, 3.63) is 54.1 Å². The van der Waals surface area contributed by atoms with E-state index in [1.54, 1.807) is 17.8 Å². The van der Waals surface area contributed by atoms with E-state index in [2.05, 4.69) is 46.3 Å². The fourth-order valence-corrected chi connectivity index (χ4v) is 3.90. The van der Waals surface area contributed by atoms with Crippen molar-refractivity contribution in [3.8, 4) is 5.75 Å². The average molecular weight is 386 g/mol. The van der Waals surface area contributed by atoms with Crippen LogP contribution in [-0.4, -0.2) is 60.9 Å². The first-order chi connectivity index (χ1) is 13.1. The summed E-state index contributed by atoms with van der Waals surface area (Å²) in [4.78, 5) is 17.7. The number of piperazine rings is 1. The number of amides is 1. The van der Waals surface area contributed by atoms with E-state index in [-0.39, 0.29) is 5.91 Å². The van der Waals surface area contributed by atoms with Crippen LogP contribution in [0, 0.1) is 6.92 Å². The number of thioether (sulfide) groups is 1. The second kappa shape index (κ2) is 9.67. The molecule has 0 spiro atoms. The predicted octanol–water partition coefficient (Wildman–Crippen LogP) is 2.73. The second-order valence-electron chi connectivity index (χ2n) is 6.76. The summed E-state index contributed by atoms with van der Waals surface area (Å²) in [6.07, 6.45) is 0. The molecule has 2 aromatic carbocycles. The highest BCUT2D eigenvalue weighted by Crippen LogP contribution is 2.27. The minimum atomic E-state index is 0.0792. The molecule has 1 aliphatic rings. The molecule has 27 heavy (non-hydrogen) atoms. The number of carbonyl (C=O) groups is 1. The lowest BCUT2D eigenvalue weighted by Gasteiger charge is -2.35. The van der Waals surface area contributed by atoms with Gasteiger partial charge in [0, 0.05) is 43.4 Å². The highest BCUT2D eigenvalue weighted by atomic mass is 32.2. The highest BCUT2D eigenvalue weighted by Gasteiger charge is 2.20. The summed E-state index contributed by atoms with van der Waals surface area (Å²) < 4.78 is 0. The molecule has 1 saturated heterocycles. The minimum Gasteiger partial charge on any atom is -0.506 e. The molecule has 0 aromatic heterocycles. The Hall–Kier alpha value is -2.18. The van der Waals surface area contributed by atoms with Gasteiger partial charge in [0.1, 0.15) is 5.75 Å². The summed E-state index contributed by atoms with van der Waals surface area (Å²) in [5, 5.41) is 13.0. The van der Waals surface area contributed by atoms with Crippen molar-refractivity contribution >= 4 is 23.4 Å².